The molecule has 5 heterocycles. The van der Waals surface area contributed by atoms with E-state index in [-0.39, 0.29) is 115 Å². The molecule has 556 valence electrons. The van der Waals surface area contributed by atoms with Gasteiger partial charge in [0.05, 0.1) is 69.6 Å². The number of phenolic OH excluding ortho intramolecular Hbond substituents is 10. The molecule has 1 aliphatic carbocycles. The highest BCUT2D eigenvalue weighted by atomic mass is 35.5. The first-order chi connectivity index (χ1) is 47.8. The highest BCUT2D eigenvalue weighted by Gasteiger charge is 2.32. The SMILES string of the molecule is CC(C)(C)NC(=O)c1n[nH]c2cc(O)c(O)c(Cl)c2c1=O.CC(C)(C)NC(=O)c1n[nH]c2cc(O)c(O)cc2c1=O.CC(C)(C)c1cn(C2CC2)c2cc(O)c(O)c(Cl)c2c1=O.CCn1cc(C(C)(C)C)c(=O)c2c(Cl)c(O)c(O)cc21.CCn1nc(C(=O)NC(C)(C)C)c(=O)c2cc(O)c(O)cc21. The first kappa shape index (κ1) is 80.5. The first-order valence-electron chi connectivity index (χ1n) is 32.4. The van der Waals surface area contributed by atoms with Gasteiger partial charge in [-0.25, -0.2) is 0 Å². The number of hydrogen-bond acceptors (Lipinski definition) is 21. The van der Waals surface area contributed by atoms with E-state index in [1.165, 1.54) is 28.9 Å². The van der Waals surface area contributed by atoms with Crippen molar-refractivity contribution in [3.05, 3.63) is 149 Å². The average Bonchev–Trinajstić information content (AvgIpc) is 1.39. The number of carbonyl (C=O) groups is 3. The number of fused-ring (bicyclic) bond motifs is 5. The second-order valence-electron chi connectivity index (χ2n) is 29.7. The zero-order valence-electron chi connectivity index (χ0n) is 60.2. The predicted octanol–water partition coefficient (Wildman–Crippen LogP) is 10.8. The molecule has 1 aliphatic rings. The van der Waals surface area contributed by atoms with E-state index in [2.05, 4.69) is 41.4 Å². The number of amides is 3. The molecule has 0 unspecified atom stereocenters. The number of aryl methyl sites for hydroxylation is 2. The van der Waals surface area contributed by atoms with Crippen molar-refractivity contribution in [3.63, 3.8) is 0 Å². The number of aromatic hydroxyl groups is 10. The minimum Gasteiger partial charge on any atom is -0.504 e. The van der Waals surface area contributed by atoms with Crippen LogP contribution < -0.4 is 43.1 Å². The van der Waals surface area contributed by atoms with Crippen LogP contribution in [0.2, 0.25) is 15.1 Å². The number of H-pyrrole nitrogens is 2. The van der Waals surface area contributed by atoms with Gasteiger partial charge in [0.1, 0.15) is 0 Å². The number of nitrogens with one attached hydrogen (secondary N) is 5. The molecule has 5 aromatic carbocycles. The Balaban J connectivity index is 0.000000182. The number of benzene rings is 5. The maximum Gasteiger partial charge on any atom is 0.276 e. The Hall–Kier alpha value is -10.8. The van der Waals surface area contributed by atoms with E-state index in [0.717, 1.165) is 31.0 Å². The summed E-state index contributed by atoms with van der Waals surface area (Å²) in [5.41, 5.74) is -2.35. The highest BCUT2D eigenvalue weighted by molar-refractivity contribution is 6.38. The van der Waals surface area contributed by atoms with E-state index >= 15 is 0 Å². The molecular formula is C72H84Cl3N11O18. The summed E-state index contributed by atoms with van der Waals surface area (Å²) >= 11 is 18.1. The Labute approximate surface area is 608 Å². The fourth-order valence-electron chi connectivity index (χ4n) is 10.5. The van der Waals surface area contributed by atoms with E-state index in [1.807, 2.05) is 63.8 Å². The molecule has 29 nitrogen and oxygen atoms in total. The summed E-state index contributed by atoms with van der Waals surface area (Å²) < 4.78 is 5.29. The molecule has 3 amide bonds. The Morgan fingerprint density at radius 2 is 0.808 bits per heavy atom. The van der Waals surface area contributed by atoms with Crippen molar-refractivity contribution in [3.8, 4) is 57.5 Å². The van der Waals surface area contributed by atoms with Crippen LogP contribution in [0.5, 0.6) is 57.5 Å². The van der Waals surface area contributed by atoms with Crippen LogP contribution in [0.15, 0.2) is 78.8 Å². The first-order valence-corrected chi connectivity index (χ1v) is 33.6. The lowest BCUT2D eigenvalue weighted by molar-refractivity contribution is 0.0902. The van der Waals surface area contributed by atoms with Gasteiger partial charge in [-0.15, -0.1) is 0 Å². The molecule has 0 aliphatic heterocycles. The summed E-state index contributed by atoms with van der Waals surface area (Å²) in [5.74, 6) is -6.03. The molecule has 11 rings (SSSR count). The van der Waals surface area contributed by atoms with Crippen molar-refractivity contribution in [1.29, 1.82) is 0 Å². The lowest BCUT2D eigenvalue weighted by Gasteiger charge is -2.22. The second-order valence-corrected chi connectivity index (χ2v) is 30.8. The molecule has 32 heteroatoms. The van der Waals surface area contributed by atoms with Gasteiger partial charge in [0.2, 0.25) is 16.3 Å². The number of phenols is 10. The number of halogens is 3. The highest BCUT2D eigenvalue weighted by Crippen LogP contribution is 2.44. The van der Waals surface area contributed by atoms with Gasteiger partial charge in [-0.05, 0) is 112 Å². The number of rotatable bonds is 6. The van der Waals surface area contributed by atoms with E-state index in [1.54, 1.807) is 75.4 Å². The number of pyridine rings is 2. The van der Waals surface area contributed by atoms with Crippen LogP contribution in [0.3, 0.4) is 0 Å². The smallest absolute Gasteiger partial charge is 0.276 e. The van der Waals surface area contributed by atoms with Gasteiger partial charge < -0.3 is 76.1 Å². The summed E-state index contributed by atoms with van der Waals surface area (Å²) in [6.45, 7) is 32.6. The fraction of sp³-hybridized carbons (Fsp3) is 0.375. The maximum atomic E-state index is 12.8. The van der Waals surface area contributed by atoms with E-state index < -0.39 is 85.1 Å². The molecule has 0 spiro atoms. The molecule has 1 fully saturated rings. The summed E-state index contributed by atoms with van der Waals surface area (Å²) in [6.07, 6.45) is 5.74. The largest absolute Gasteiger partial charge is 0.504 e. The Bertz CT molecular complexity index is 5430. The lowest BCUT2D eigenvalue weighted by Crippen LogP contribution is -2.43. The number of aromatic nitrogens is 8. The minimum absolute atomic E-state index is 0.0736. The van der Waals surface area contributed by atoms with Gasteiger partial charge in [0.15, 0.2) is 85.4 Å². The lowest BCUT2D eigenvalue weighted by atomic mass is 9.87. The molecule has 104 heavy (non-hydrogen) atoms. The number of hydrogen-bond donors (Lipinski definition) is 15. The van der Waals surface area contributed by atoms with Gasteiger partial charge in [-0.1, -0.05) is 76.3 Å². The molecule has 5 aromatic heterocycles. The molecule has 0 atom stereocenters. The monoisotopic (exact) mass is 1500 g/mol. The molecule has 0 bridgehead atoms. The molecule has 0 radical (unpaired) electrons. The van der Waals surface area contributed by atoms with Crippen LogP contribution in [0, 0.1) is 0 Å². The van der Waals surface area contributed by atoms with E-state index in [9.17, 15) is 89.4 Å². The fourth-order valence-corrected chi connectivity index (χ4v) is 11.3. The van der Waals surface area contributed by atoms with Gasteiger partial charge in [0, 0.05) is 89.6 Å². The zero-order valence-corrected chi connectivity index (χ0v) is 62.4. The van der Waals surface area contributed by atoms with Crippen LogP contribution >= 0.6 is 34.8 Å². The maximum absolute atomic E-state index is 12.8. The molecule has 15 N–H and O–H groups in total. The van der Waals surface area contributed by atoms with Crippen LogP contribution in [0.25, 0.3) is 54.5 Å². The van der Waals surface area contributed by atoms with Crippen molar-refractivity contribution in [2.75, 3.05) is 0 Å². The van der Waals surface area contributed by atoms with Gasteiger partial charge in [0.25, 0.3) is 17.7 Å². The molecule has 10 aromatic rings. The third-order valence-electron chi connectivity index (χ3n) is 15.7. The standard InChI is InChI=1S/C16H18ClNO3.C15H18ClNO3.C15H19N3O4.C13H14ClN3O4.C13H15N3O4/c1-16(2,3)9-7-18(8-4-5-8)10-6-11(19)15(21)13(17)12(10)14(9)20;1-5-17-7-8(15(2,3)4)13(19)11-9(17)6-10(18)14(20)12(11)16;1-5-18-9-7-11(20)10(19)6-8(9)13(21)12(17-18)14(22)16-15(2,3)4;1-13(2,3)15-12(21)9-11(20)7-5(16-17-9)4-6(18)10(19)8(7)14;1-13(2,3)14-12(20)10-11(19)6-4-8(17)9(18)5-7(6)15-16-10/h6-8,19,21H,4-5H2,1-3H3;6-7,18,20H,5H2,1-4H3;6-7,19-20H,5H2,1-4H3,(H,16,22);4,18-19H,1-3H3,(H,15,21)(H,16,20);4-5,17-18H,1-3H3,(H,14,20)(H,15,19). The number of aromatic amines is 2. The quantitative estimate of drug-likeness (QED) is 0.0688. The van der Waals surface area contributed by atoms with Gasteiger partial charge in [-0.2, -0.15) is 15.3 Å². The topological polar surface area (TPSA) is 460 Å². The molecule has 1 saturated carbocycles. The van der Waals surface area contributed by atoms with E-state index in [4.69, 9.17) is 34.8 Å². The Kier molecular flexibility index (Phi) is 23.1. The van der Waals surface area contributed by atoms with Crippen molar-refractivity contribution >= 4 is 107 Å². The summed E-state index contributed by atoms with van der Waals surface area (Å²) in [5, 5.41) is 121. The number of nitrogens with zero attached hydrogens (tertiary/aromatic N) is 6. The zero-order chi connectivity index (χ0) is 78.4. The van der Waals surface area contributed by atoms with Crippen LogP contribution in [0.1, 0.15) is 179 Å². The second kappa shape index (κ2) is 29.9. The summed E-state index contributed by atoms with van der Waals surface area (Å²) in [7, 11) is 0. The molecular weight excluding hydrogens is 1410 g/mol. The Morgan fingerprint density at radius 3 is 1.26 bits per heavy atom. The van der Waals surface area contributed by atoms with E-state index in [0.29, 0.717) is 46.8 Å². The Morgan fingerprint density at radius 1 is 0.442 bits per heavy atom. The van der Waals surface area contributed by atoms with Gasteiger partial charge >= 0.3 is 0 Å². The average molecular weight is 1500 g/mol. The van der Waals surface area contributed by atoms with Crippen molar-refractivity contribution < 1.29 is 65.4 Å². The van der Waals surface area contributed by atoms with Crippen molar-refractivity contribution in [1.82, 2.24) is 55.3 Å². The van der Waals surface area contributed by atoms with Crippen LogP contribution in [-0.4, -0.2) is 125 Å². The number of carbonyl (C=O) groups excluding carboxylic acids is 3. The third-order valence-corrected chi connectivity index (χ3v) is 16.8. The van der Waals surface area contributed by atoms with Crippen molar-refractivity contribution in [2.45, 2.75) is 177 Å². The van der Waals surface area contributed by atoms with Crippen LogP contribution in [0.4, 0.5) is 0 Å². The normalized spacial score (nSPS) is 12.5. The van der Waals surface area contributed by atoms with Crippen molar-refractivity contribution in [2.24, 2.45) is 0 Å². The molecule has 0 saturated heterocycles. The van der Waals surface area contributed by atoms with Crippen LogP contribution in [-0.2, 0) is 23.9 Å². The predicted molar refractivity (Wildman–Crippen MR) is 398 cm³/mol. The minimum atomic E-state index is -0.731. The summed E-state index contributed by atoms with van der Waals surface area (Å²) in [4.78, 5) is 98.6. The van der Waals surface area contributed by atoms with Gasteiger partial charge in [-0.3, -0.25) is 53.2 Å². The third kappa shape index (κ3) is 17.6. The summed E-state index contributed by atoms with van der Waals surface area (Å²) in [6, 6.07) is 8.90.